The van der Waals surface area contributed by atoms with Gasteiger partial charge in [0.15, 0.2) is 12.6 Å². The number of hydrogen-bond acceptors (Lipinski definition) is 13. The van der Waals surface area contributed by atoms with E-state index in [2.05, 4.69) is 81.4 Å². The van der Waals surface area contributed by atoms with E-state index in [1.54, 1.807) is 12.1 Å². The molecule has 0 spiro atoms. The van der Waals surface area contributed by atoms with Crippen molar-refractivity contribution >= 4 is 110 Å². The summed E-state index contributed by atoms with van der Waals surface area (Å²) in [7, 11) is 15.9. The Kier molecular flexibility index (Phi) is 24.4. The number of nitriles is 5. The molecule has 0 aliphatic rings. The lowest BCUT2D eigenvalue weighted by Gasteiger charge is -2.12. The van der Waals surface area contributed by atoms with Gasteiger partial charge in [-0.05, 0) is 143 Å². The molecule has 10 rings (SSSR count). The zero-order valence-corrected chi connectivity index (χ0v) is 52.9. The molecular weight excluding hydrogens is 1140 g/mol. The fourth-order valence-corrected chi connectivity index (χ4v) is 9.59. The van der Waals surface area contributed by atoms with E-state index >= 15 is 0 Å². The molecule has 0 atom stereocenters. The third kappa shape index (κ3) is 16.9. The smallest absolute Gasteiger partial charge is 0.202 e. The van der Waals surface area contributed by atoms with Gasteiger partial charge in [0, 0.05) is 123 Å². The van der Waals surface area contributed by atoms with Crippen LogP contribution in [0, 0.1) is 77.1 Å². The molecule has 0 aliphatic heterocycles. The molecule has 0 saturated carbocycles. The molecule has 0 aliphatic carbocycles. The number of carbonyl (C=O) groups is 4. The summed E-state index contributed by atoms with van der Waals surface area (Å²) in [6.07, 6.45) is 10.8. The average Bonchev–Trinajstić information content (AvgIpc) is 0.810. The Morgan fingerprint density at radius 3 is 0.870 bits per heavy atom. The van der Waals surface area contributed by atoms with Crippen molar-refractivity contribution in [3.8, 4) is 30.3 Å². The number of aldehydes is 4. The van der Waals surface area contributed by atoms with Crippen LogP contribution in [0.15, 0.2) is 170 Å². The van der Waals surface area contributed by atoms with Crippen LogP contribution in [-0.4, -0.2) is 81.5 Å². The van der Waals surface area contributed by atoms with Crippen molar-refractivity contribution in [3.05, 3.63) is 265 Å². The van der Waals surface area contributed by atoms with Gasteiger partial charge in [-0.2, -0.15) is 26.3 Å². The van der Waals surface area contributed by atoms with Crippen molar-refractivity contribution in [2.24, 2.45) is 0 Å². The largest absolute Gasteiger partial charge is 0.378 e. The van der Waals surface area contributed by atoms with Crippen LogP contribution in [0.25, 0.3) is 61.5 Å². The first-order chi connectivity index (χ1) is 44.3. The average molecular weight is 1210 g/mol. The normalized spacial score (nSPS) is 10.1. The molecule has 0 heterocycles. The second kappa shape index (κ2) is 32.9. The maximum Gasteiger partial charge on any atom is 0.202 e. The maximum absolute atomic E-state index is 10.8. The van der Waals surface area contributed by atoms with Crippen molar-refractivity contribution in [3.63, 3.8) is 0 Å². The van der Waals surface area contributed by atoms with E-state index in [-0.39, 0.29) is 22.3 Å². The van der Waals surface area contributed by atoms with Gasteiger partial charge in [0.1, 0.15) is 42.9 Å². The predicted octanol–water partition coefficient (Wildman–Crippen LogP) is 16.3. The lowest BCUT2D eigenvalue weighted by molar-refractivity contribution is 0.111. The van der Waals surface area contributed by atoms with Crippen molar-refractivity contribution in [2.75, 3.05) is 76.0 Å². The molecule has 0 unspecified atom stereocenters. The topological polar surface area (TPSA) is 205 Å². The van der Waals surface area contributed by atoms with Crippen molar-refractivity contribution < 1.29 is 19.2 Å². The highest BCUT2D eigenvalue weighted by Crippen LogP contribution is 2.36. The SMILES string of the molecule is CN(C)c1ccc(C=O)cc1.CN(C)c1ccc(C=O)cc1.Cc1ccc2c(C#N)c(C)ccc2c1C#N.N#Cc1c(C=O)ccc2c(C#N)c(C=O)ccc12.[C-]#[N+]c1c(C=Cc2ccc(N(C)C)cc2)ccc2c(C#N)c(C=Cc3ccc(N(C)C)cc3)ccc12. The van der Waals surface area contributed by atoms with E-state index in [9.17, 15) is 24.4 Å². The molecule has 0 amide bonds. The van der Waals surface area contributed by atoms with E-state index in [0.29, 0.717) is 45.7 Å². The molecule has 10 aromatic carbocycles. The Morgan fingerprint density at radius 1 is 0.304 bits per heavy atom. The highest BCUT2D eigenvalue weighted by molar-refractivity contribution is 6.04. The number of hydrogen-bond donors (Lipinski definition) is 0. The number of aryl methyl sites for hydroxylation is 2. The molecule has 452 valence electrons. The highest BCUT2D eigenvalue weighted by Gasteiger charge is 2.15. The lowest BCUT2D eigenvalue weighted by Crippen LogP contribution is -2.08. The van der Waals surface area contributed by atoms with E-state index in [4.69, 9.17) is 27.6 Å². The number of fused-ring (bicyclic) bond motifs is 3. The fraction of sp³-hybridized carbons (Fsp3) is 0.128. The standard InChI is InChI=1S/C32H28N4.C14H6N2O2.C14H10N2.2C9H11NO/c1-34-32-26(13-7-24-10-18-28(19-11-24)36(4)5)15-20-29-30(32)21-14-25(31(29)22-33)12-6-23-8-16-27(17-9-23)35(2)3;15-5-13-9(7-17)1-3-11-12(13)4-2-10(8-18)14(11)6-16;1-9-3-5-12-11(13(9)7-15)6-4-10(2)14(12)8-16;2*1-10(2)9-5-3-8(7-11)4-6-9/h6-21H,2-5H3;1-4,7-8H;3-6H,1-2H3;2*3-7H,1-2H3. The molecule has 10 aromatic rings. The van der Waals surface area contributed by atoms with Gasteiger partial charge in [-0.1, -0.05) is 109 Å². The zero-order chi connectivity index (χ0) is 67.0. The quantitative estimate of drug-likeness (QED) is 0.0635. The van der Waals surface area contributed by atoms with Gasteiger partial charge >= 0.3 is 0 Å². The Balaban J connectivity index is 0.000000201. The van der Waals surface area contributed by atoms with Crippen molar-refractivity contribution in [1.29, 1.82) is 26.3 Å². The molecule has 92 heavy (non-hydrogen) atoms. The Labute approximate surface area is 537 Å². The van der Waals surface area contributed by atoms with Gasteiger partial charge in [0.2, 0.25) is 5.69 Å². The Morgan fingerprint density at radius 2 is 0.565 bits per heavy atom. The number of anilines is 4. The lowest BCUT2D eigenvalue weighted by atomic mass is 9.95. The third-order valence-electron chi connectivity index (χ3n) is 14.9. The van der Waals surface area contributed by atoms with Crippen LogP contribution >= 0.6 is 0 Å². The molecule has 0 fully saturated rings. The van der Waals surface area contributed by atoms with E-state index < -0.39 is 0 Å². The minimum absolute atomic E-state index is 0.219. The summed E-state index contributed by atoms with van der Waals surface area (Å²) in [5, 5.41) is 50.7. The van der Waals surface area contributed by atoms with Crippen LogP contribution in [0.2, 0.25) is 0 Å². The summed E-state index contributed by atoms with van der Waals surface area (Å²) in [6.45, 7) is 11.6. The van der Waals surface area contributed by atoms with Crippen LogP contribution in [0.4, 0.5) is 28.4 Å². The van der Waals surface area contributed by atoms with E-state index in [1.807, 2.05) is 214 Å². The van der Waals surface area contributed by atoms with Gasteiger partial charge in [-0.15, -0.1) is 0 Å². The third-order valence-corrected chi connectivity index (χ3v) is 14.9. The summed E-state index contributed by atoms with van der Waals surface area (Å²) in [5.74, 6) is 0. The zero-order valence-electron chi connectivity index (χ0n) is 52.9. The Bertz CT molecular complexity index is 4380. The Hall–Kier alpha value is -12.7. The van der Waals surface area contributed by atoms with Crippen LogP contribution in [0.3, 0.4) is 0 Å². The molecule has 0 bridgehead atoms. The summed E-state index contributed by atoms with van der Waals surface area (Å²) in [6, 6.07) is 63.5. The molecule has 14 nitrogen and oxygen atoms in total. The van der Waals surface area contributed by atoms with E-state index in [1.165, 1.54) is 12.1 Å². The van der Waals surface area contributed by atoms with Crippen LogP contribution in [-0.2, 0) is 0 Å². The van der Waals surface area contributed by atoms with Gasteiger partial charge in [-0.25, -0.2) is 4.85 Å². The highest BCUT2D eigenvalue weighted by atomic mass is 16.1. The van der Waals surface area contributed by atoms with Crippen LogP contribution < -0.4 is 19.6 Å². The molecular formula is C78H66N10O4. The fourth-order valence-electron chi connectivity index (χ4n) is 9.59. The maximum atomic E-state index is 10.8. The minimum atomic E-state index is 0.219. The van der Waals surface area contributed by atoms with Crippen LogP contribution in [0.5, 0.6) is 0 Å². The molecule has 0 saturated heterocycles. The second-order valence-corrected chi connectivity index (χ2v) is 21.6. The van der Waals surface area contributed by atoms with Crippen molar-refractivity contribution in [1.82, 2.24) is 0 Å². The first kappa shape index (κ1) is 68.4. The summed E-state index contributed by atoms with van der Waals surface area (Å²) in [5.41, 5.74) is 15.0. The number of nitrogens with zero attached hydrogens (tertiary/aromatic N) is 10. The molecule has 0 radical (unpaired) electrons. The molecule has 0 aromatic heterocycles. The number of benzene rings is 10. The number of rotatable bonds is 12. The van der Waals surface area contributed by atoms with E-state index in [0.717, 1.165) is 101 Å². The van der Waals surface area contributed by atoms with Gasteiger partial charge in [0.25, 0.3) is 0 Å². The van der Waals surface area contributed by atoms with Crippen LogP contribution in [0.1, 0.15) is 103 Å². The first-order valence-electron chi connectivity index (χ1n) is 28.7. The predicted molar refractivity (Wildman–Crippen MR) is 374 cm³/mol. The summed E-state index contributed by atoms with van der Waals surface area (Å²) >= 11 is 0. The number of carbonyl (C=O) groups excluding carboxylic acids is 4. The van der Waals surface area contributed by atoms with Gasteiger partial charge < -0.3 is 19.6 Å². The molecule has 14 heteroatoms. The first-order valence-corrected chi connectivity index (χ1v) is 28.7. The summed E-state index contributed by atoms with van der Waals surface area (Å²) < 4.78 is 0. The monoisotopic (exact) mass is 1210 g/mol. The van der Waals surface area contributed by atoms with Gasteiger partial charge in [-0.3, -0.25) is 19.2 Å². The second-order valence-electron chi connectivity index (χ2n) is 21.6. The van der Waals surface area contributed by atoms with Gasteiger partial charge in [0.05, 0.1) is 34.4 Å². The summed E-state index contributed by atoms with van der Waals surface area (Å²) in [4.78, 5) is 54.2. The minimum Gasteiger partial charge on any atom is -0.378 e. The molecule has 0 N–H and O–H groups in total. The van der Waals surface area contributed by atoms with Crippen molar-refractivity contribution in [2.45, 2.75) is 13.8 Å².